The second-order valence-electron chi connectivity index (χ2n) is 3.02. The molecule has 0 saturated carbocycles. The molecule has 0 fully saturated rings. The van der Waals surface area contributed by atoms with Crippen molar-refractivity contribution < 1.29 is 9.53 Å². The summed E-state index contributed by atoms with van der Waals surface area (Å²) in [6.07, 6.45) is 3.09. The first kappa shape index (κ1) is 12.0. The van der Waals surface area contributed by atoms with E-state index in [1.165, 1.54) is 10.9 Å². The summed E-state index contributed by atoms with van der Waals surface area (Å²) < 4.78 is 4.43. The lowest BCUT2D eigenvalue weighted by atomic mass is 10.3. The van der Waals surface area contributed by atoms with Crippen LogP contribution in [0.15, 0.2) is 49.2 Å². The maximum absolute atomic E-state index is 10.1. The summed E-state index contributed by atoms with van der Waals surface area (Å²) in [5.74, 6) is -0.359. The number of esters is 1. The predicted octanol–water partition coefficient (Wildman–Crippen LogP) is 2.90. The first-order valence-electron chi connectivity index (χ1n) is 5.09. The molecule has 1 aromatic carbocycles. The normalized spacial score (nSPS) is 9.06. The molecule has 0 atom stereocenters. The molecule has 2 rings (SSSR count). The fourth-order valence-electron chi connectivity index (χ4n) is 1.20. The highest BCUT2D eigenvalue weighted by molar-refractivity contribution is 5.81. The van der Waals surface area contributed by atoms with E-state index in [-0.39, 0.29) is 5.97 Å². The second-order valence-corrected chi connectivity index (χ2v) is 3.02. The van der Waals surface area contributed by atoms with E-state index < -0.39 is 0 Å². The molecule has 0 aliphatic carbocycles. The molecule has 16 heavy (non-hydrogen) atoms. The van der Waals surface area contributed by atoms with Gasteiger partial charge in [0.15, 0.2) is 0 Å². The van der Waals surface area contributed by atoms with Crippen LogP contribution in [0.5, 0.6) is 0 Å². The lowest BCUT2D eigenvalue weighted by Gasteiger charge is -1.90. The van der Waals surface area contributed by atoms with Gasteiger partial charge in [0.1, 0.15) is 0 Å². The quantitative estimate of drug-likeness (QED) is 0.620. The van der Waals surface area contributed by atoms with Gasteiger partial charge in [-0.3, -0.25) is 0 Å². The number of hydrogen-bond donors (Lipinski definition) is 1. The zero-order valence-corrected chi connectivity index (χ0v) is 9.27. The first-order valence-corrected chi connectivity index (χ1v) is 5.09. The van der Waals surface area contributed by atoms with E-state index in [9.17, 15) is 4.79 Å². The number of nitrogens with one attached hydrogen (secondary N) is 1. The van der Waals surface area contributed by atoms with Crippen molar-refractivity contribution in [3.63, 3.8) is 0 Å². The van der Waals surface area contributed by atoms with Crippen molar-refractivity contribution in [3.05, 3.63) is 49.2 Å². The molecule has 2 aromatic rings. The highest BCUT2D eigenvalue weighted by atomic mass is 16.5. The van der Waals surface area contributed by atoms with Gasteiger partial charge in [0.25, 0.3) is 0 Å². The maximum atomic E-state index is 10.1. The molecule has 0 bridgehead atoms. The van der Waals surface area contributed by atoms with Crippen LogP contribution in [0.25, 0.3) is 10.9 Å². The van der Waals surface area contributed by atoms with Crippen LogP contribution in [-0.2, 0) is 9.53 Å². The number of carbonyl (C=O) groups excluding carboxylic acids is 1. The van der Waals surface area contributed by atoms with E-state index in [0.29, 0.717) is 6.61 Å². The van der Waals surface area contributed by atoms with Crippen molar-refractivity contribution in [1.29, 1.82) is 0 Å². The van der Waals surface area contributed by atoms with E-state index >= 15 is 0 Å². The van der Waals surface area contributed by atoms with Crippen molar-refractivity contribution in [2.45, 2.75) is 6.92 Å². The summed E-state index contributed by atoms with van der Waals surface area (Å²) in [6, 6.07) is 10.3. The molecular weight excluding hydrogens is 202 g/mol. The molecule has 0 aliphatic heterocycles. The Morgan fingerprint density at radius 1 is 1.44 bits per heavy atom. The predicted molar refractivity (Wildman–Crippen MR) is 65.1 cm³/mol. The number of rotatable bonds is 2. The molecule has 0 aliphatic rings. The van der Waals surface area contributed by atoms with Crippen molar-refractivity contribution in [1.82, 2.24) is 4.98 Å². The summed E-state index contributed by atoms with van der Waals surface area (Å²) in [5, 5.41) is 1.28. The lowest BCUT2D eigenvalue weighted by Crippen LogP contribution is -1.97. The fourth-order valence-corrected chi connectivity index (χ4v) is 1.20. The van der Waals surface area contributed by atoms with Gasteiger partial charge in [-0.25, -0.2) is 4.79 Å². The van der Waals surface area contributed by atoms with Crippen LogP contribution >= 0.6 is 0 Å². The Bertz CT molecular complexity index is 429. The molecule has 3 heteroatoms. The van der Waals surface area contributed by atoms with Crippen LogP contribution in [0.3, 0.4) is 0 Å². The molecule has 1 N–H and O–H groups in total. The minimum absolute atomic E-state index is 0.359. The summed E-state index contributed by atoms with van der Waals surface area (Å²) >= 11 is 0. The topological polar surface area (TPSA) is 42.1 Å². The van der Waals surface area contributed by atoms with Crippen molar-refractivity contribution in [2.24, 2.45) is 0 Å². The van der Waals surface area contributed by atoms with Gasteiger partial charge >= 0.3 is 5.97 Å². The standard InChI is InChI=1S/C8H7N.C5H8O2/c1-2-4-8-7(3-1)5-6-9-8;1-3-5(6)7-4-2/h1-6,9H;3H,1,4H2,2H3. The third-order valence-corrected chi connectivity index (χ3v) is 1.92. The SMILES string of the molecule is C=CC(=O)OCC.c1ccc2[nH]ccc2c1. The molecule has 0 amide bonds. The smallest absolute Gasteiger partial charge is 0.330 e. The van der Waals surface area contributed by atoms with Crippen LogP contribution < -0.4 is 0 Å². The molecule has 0 saturated heterocycles. The number of H-pyrrole nitrogens is 1. The lowest BCUT2D eigenvalue weighted by molar-refractivity contribution is -0.137. The maximum Gasteiger partial charge on any atom is 0.330 e. The zero-order valence-electron chi connectivity index (χ0n) is 9.27. The number of aromatic amines is 1. The van der Waals surface area contributed by atoms with Crippen LogP contribution in [-0.4, -0.2) is 17.6 Å². The van der Waals surface area contributed by atoms with Gasteiger partial charge in [-0.2, -0.15) is 0 Å². The Morgan fingerprint density at radius 2 is 2.19 bits per heavy atom. The number of benzene rings is 1. The van der Waals surface area contributed by atoms with E-state index in [1.54, 1.807) is 6.92 Å². The number of ether oxygens (including phenoxy) is 1. The largest absolute Gasteiger partial charge is 0.463 e. The Labute approximate surface area is 94.7 Å². The average Bonchev–Trinajstić information content (AvgIpc) is 2.78. The summed E-state index contributed by atoms with van der Waals surface area (Å²) in [6.45, 7) is 5.38. The van der Waals surface area contributed by atoms with Gasteiger partial charge in [-0.1, -0.05) is 24.8 Å². The van der Waals surface area contributed by atoms with E-state index in [0.717, 1.165) is 6.08 Å². The average molecular weight is 217 g/mol. The van der Waals surface area contributed by atoms with Crippen LogP contribution in [0.4, 0.5) is 0 Å². The number of para-hydroxylation sites is 1. The molecule has 1 aromatic heterocycles. The van der Waals surface area contributed by atoms with Gasteiger partial charge in [0, 0.05) is 17.8 Å². The fraction of sp³-hybridized carbons (Fsp3) is 0.154. The second kappa shape index (κ2) is 6.45. The van der Waals surface area contributed by atoms with Gasteiger partial charge in [-0.15, -0.1) is 0 Å². The molecular formula is C13H15NO2. The summed E-state index contributed by atoms with van der Waals surface area (Å²) in [5.41, 5.74) is 1.21. The minimum atomic E-state index is -0.359. The Hall–Kier alpha value is -2.03. The summed E-state index contributed by atoms with van der Waals surface area (Å²) in [7, 11) is 0. The molecule has 84 valence electrons. The molecule has 0 unspecified atom stereocenters. The van der Waals surface area contributed by atoms with Crippen molar-refractivity contribution in [2.75, 3.05) is 6.61 Å². The number of aromatic nitrogens is 1. The van der Waals surface area contributed by atoms with Crippen LogP contribution in [0.2, 0.25) is 0 Å². The van der Waals surface area contributed by atoms with Gasteiger partial charge in [-0.05, 0) is 24.4 Å². The molecule has 0 radical (unpaired) electrons. The van der Waals surface area contributed by atoms with Crippen LogP contribution in [0, 0.1) is 0 Å². The van der Waals surface area contributed by atoms with Gasteiger partial charge in [0.2, 0.25) is 0 Å². The first-order chi connectivity index (χ1) is 7.77. The summed E-state index contributed by atoms with van der Waals surface area (Å²) in [4.78, 5) is 13.2. The van der Waals surface area contributed by atoms with E-state index in [1.807, 2.05) is 18.3 Å². The molecule has 3 nitrogen and oxygen atoms in total. The Kier molecular flexibility index (Phi) is 4.86. The monoisotopic (exact) mass is 217 g/mol. The zero-order chi connectivity index (χ0) is 11.8. The molecule has 1 heterocycles. The number of carbonyl (C=O) groups is 1. The van der Waals surface area contributed by atoms with E-state index in [4.69, 9.17) is 0 Å². The van der Waals surface area contributed by atoms with Crippen LogP contribution in [0.1, 0.15) is 6.92 Å². The van der Waals surface area contributed by atoms with Crippen molar-refractivity contribution in [3.8, 4) is 0 Å². The molecule has 0 spiro atoms. The highest BCUT2D eigenvalue weighted by Gasteiger charge is 1.87. The van der Waals surface area contributed by atoms with E-state index in [2.05, 4.69) is 34.5 Å². The third kappa shape index (κ3) is 3.61. The minimum Gasteiger partial charge on any atom is -0.463 e. The number of hydrogen-bond acceptors (Lipinski definition) is 2. The highest BCUT2D eigenvalue weighted by Crippen LogP contribution is 2.09. The Morgan fingerprint density at radius 3 is 2.75 bits per heavy atom. The number of fused-ring (bicyclic) bond motifs is 1. The van der Waals surface area contributed by atoms with Gasteiger partial charge < -0.3 is 9.72 Å². The Balaban J connectivity index is 0.000000168. The van der Waals surface area contributed by atoms with Gasteiger partial charge in [0.05, 0.1) is 6.61 Å². The third-order valence-electron chi connectivity index (χ3n) is 1.92. The van der Waals surface area contributed by atoms with Crippen molar-refractivity contribution >= 4 is 16.9 Å².